The molecule has 0 amide bonds. The summed E-state index contributed by atoms with van der Waals surface area (Å²) in [5.41, 5.74) is 1.35. The molecule has 2 atom stereocenters. The Morgan fingerprint density at radius 2 is 1.64 bits per heavy atom. The van der Waals surface area contributed by atoms with Gasteiger partial charge in [0, 0.05) is 13.3 Å². The first-order valence-corrected chi connectivity index (χ1v) is 14.6. The number of carbonyl (C=O) groups excluding carboxylic acids is 1. The highest BCUT2D eigenvalue weighted by Crippen LogP contribution is 2.58. The highest BCUT2D eigenvalue weighted by molar-refractivity contribution is 6.81. The van der Waals surface area contributed by atoms with E-state index in [0.717, 1.165) is 6.42 Å². The lowest BCUT2D eigenvalue weighted by Gasteiger charge is -2.40. The molecule has 0 aromatic carbocycles. The van der Waals surface area contributed by atoms with E-state index in [0.29, 0.717) is 0 Å². The van der Waals surface area contributed by atoms with E-state index in [2.05, 4.69) is 65.3 Å². The Labute approximate surface area is 138 Å². The van der Waals surface area contributed by atoms with Crippen molar-refractivity contribution in [3.63, 3.8) is 0 Å². The summed E-state index contributed by atoms with van der Waals surface area (Å²) in [7, 11) is -3.28. The molecule has 1 aliphatic rings. The predicted octanol–water partition coefficient (Wildman–Crippen LogP) is 4.91. The van der Waals surface area contributed by atoms with Gasteiger partial charge in [-0.15, -0.1) is 0 Å². The third-order valence-electron chi connectivity index (χ3n) is 4.84. The van der Waals surface area contributed by atoms with Crippen LogP contribution in [0.1, 0.15) is 41.0 Å². The van der Waals surface area contributed by atoms with E-state index in [4.69, 9.17) is 9.16 Å². The SMILES string of the molecule is CC(=O)OC1(C)C[C@@]1(/C=C\[Si](C)(C)C)O[Si](C)(C)C(C)(C)C. The van der Waals surface area contributed by atoms with E-state index in [1.165, 1.54) is 6.92 Å². The van der Waals surface area contributed by atoms with Crippen molar-refractivity contribution >= 4 is 22.4 Å². The van der Waals surface area contributed by atoms with Crippen molar-refractivity contribution < 1.29 is 14.0 Å². The molecule has 0 aromatic heterocycles. The maximum atomic E-state index is 11.5. The molecule has 0 N–H and O–H groups in total. The molecule has 0 aliphatic heterocycles. The predicted molar refractivity (Wildman–Crippen MR) is 98.3 cm³/mol. The van der Waals surface area contributed by atoms with Gasteiger partial charge in [0.25, 0.3) is 0 Å². The standard InChI is InChI=1S/C17H34O3Si2/c1-14(18)19-16(5)13-17(16,11-12-21(6,7)8)20-22(9,10)15(2,3)4/h11-12H,13H2,1-10H3/b12-11-/t16?,17-/m1/s1. The fraction of sp³-hybridized carbons (Fsp3) is 0.824. The molecule has 22 heavy (non-hydrogen) atoms. The molecule has 1 aliphatic carbocycles. The molecule has 0 saturated heterocycles. The van der Waals surface area contributed by atoms with Crippen molar-refractivity contribution in [2.45, 2.75) is 90.0 Å². The van der Waals surface area contributed by atoms with Gasteiger partial charge in [0.2, 0.25) is 0 Å². The molecule has 3 nitrogen and oxygen atoms in total. The molecule has 0 aromatic rings. The van der Waals surface area contributed by atoms with Crippen LogP contribution in [-0.4, -0.2) is 33.6 Å². The molecule has 1 fully saturated rings. The summed E-state index contributed by atoms with van der Waals surface area (Å²) in [6, 6.07) is 0. The van der Waals surface area contributed by atoms with Crippen molar-refractivity contribution in [2.24, 2.45) is 0 Å². The van der Waals surface area contributed by atoms with Crippen LogP contribution in [0, 0.1) is 0 Å². The van der Waals surface area contributed by atoms with Gasteiger partial charge in [0.15, 0.2) is 8.32 Å². The number of ether oxygens (including phenoxy) is 1. The van der Waals surface area contributed by atoms with Crippen LogP contribution < -0.4 is 0 Å². The summed E-state index contributed by atoms with van der Waals surface area (Å²) in [5.74, 6) is -0.232. The normalized spacial score (nSPS) is 29.7. The van der Waals surface area contributed by atoms with Crippen molar-refractivity contribution in [1.29, 1.82) is 0 Å². The minimum Gasteiger partial charge on any atom is -0.456 e. The summed E-state index contributed by atoms with van der Waals surface area (Å²) < 4.78 is 12.3. The lowest BCUT2D eigenvalue weighted by molar-refractivity contribution is -0.150. The first-order chi connectivity index (χ1) is 9.54. The second-order valence-electron chi connectivity index (χ2n) is 9.45. The van der Waals surface area contributed by atoms with Gasteiger partial charge >= 0.3 is 5.97 Å². The third-order valence-corrected chi connectivity index (χ3v) is 10.5. The third kappa shape index (κ3) is 4.33. The summed E-state index contributed by atoms with van der Waals surface area (Å²) in [4.78, 5) is 11.5. The molecule has 5 heteroatoms. The van der Waals surface area contributed by atoms with Crippen LogP contribution in [0.4, 0.5) is 0 Å². The van der Waals surface area contributed by atoms with Crippen molar-refractivity contribution in [3.8, 4) is 0 Å². The lowest BCUT2D eigenvalue weighted by Crippen LogP contribution is -2.47. The Kier molecular flexibility index (Phi) is 5.00. The van der Waals surface area contributed by atoms with E-state index in [1.54, 1.807) is 0 Å². The van der Waals surface area contributed by atoms with Gasteiger partial charge in [0.05, 0.1) is 8.07 Å². The zero-order valence-electron chi connectivity index (χ0n) is 16.1. The van der Waals surface area contributed by atoms with Crippen LogP contribution in [0.15, 0.2) is 11.8 Å². The minimum absolute atomic E-state index is 0.132. The molecule has 128 valence electrons. The Morgan fingerprint density at radius 3 is 2.00 bits per heavy atom. The average Bonchev–Trinajstić information content (AvgIpc) is 2.75. The molecule has 0 spiro atoms. The Hall–Kier alpha value is -0.396. The van der Waals surface area contributed by atoms with E-state index < -0.39 is 27.6 Å². The molecule has 1 rings (SSSR count). The van der Waals surface area contributed by atoms with Gasteiger partial charge in [-0.25, -0.2) is 0 Å². The van der Waals surface area contributed by atoms with E-state index >= 15 is 0 Å². The Morgan fingerprint density at radius 1 is 1.14 bits per heavy atom. The van der Waals surface area contributed by atoms with E-state index in [9.17, 15) is 4.79 Å². The molecular weight excluding hydrogens is 308 g/mol. The van der Waals surface area contributed by atoms with Gasteiger partial charge in [-0.2, -0.15) is 0 Å². The van der Waals surface area contributed by atoms with Gasteiger partial charge in [0.1, 0.15) is 11.2 Å². The second-order valence-corrected chi connectivity index (χ2v) is 19.2. The van der Waals surface area contributed by atoms with Crippen LogP contribution in [0.25, 0.3) is 0 Å². The van der Waals surface area contributed by atoms with Crippen LogP contribution in [0.5, 0.6) is 0 Å². The van der Waals surface area contributed by atoms with Gasteiger partial charge in [-0.05, 0) is 25.1 Å². The first-order valence-electron chi connectivity index (χ1n) is 8.14. The van der Waals surface area contributed by atoms with Crippen LogP contribution in [0.3, 0.4) is 0 Å². The smallest absolute Gasteiger partial charge is 0.303 e. The zero-order chi connectivity index (χ0) is 17.6. The number of hydrogen-bond donors (Lipinski definition) is 0. The maximum Gasteiger partial charge on any atom is 0.303 e. The molecule has 1 unspecified atom stereocenters. The monoisotopic (exact) mass is 342 g/mol. The summed E-state index contributed by atoms with van der Waals surface area (Å²) in [6.07, 6.45) is 2.95. The summed E-state index contributed by atoms with van der Waals surface area (Å²) >= 11 is 0. The molecule has 0 heterocycles. The summed E-state index contributed by atoms with van der Waals surface area (Å²) in [6.45, 7) is 21.6. The quantitative estimate of drug-likeness (QED) is 0.526. The fourth-order valence-corrected chi connectivity index (χ4v) is 4.65. The van der Waals surface area contributed by atoms with Crippen molar-refractivity contribution in [1.82, 2.24) is 0 Å². The van der Waals surface area contributed by atoms with Crippen LogP contribution >= 0.6 is 0 Å². The summed E-state index contributed by atoms with van der Waals surface area (Å²) in [5, 5.41) is 0.132. The number of esters is 1. The Balaban J connectivity index is 3.12. The largest absolute Gasteiger partial charge is 0.456 e. The molecule has 0 radical (unpaired) electrons. The topological polar surface area (TPSA) is 35.5 Å². The fourth-order valence-electron chi connectivity index (χ4n) is 2.30. The number of hydrogen-bond acceptors (Lipinski definition) is 3. The average molecular weight is 343 g/mol. The van der Waals surface area contributed by atoms with Gasteiger partial charge < -0.3 is 9.16 Å². The van der Waals surface area contributed by atoms with Gasteiger partial charge in [-0.1, -0.05) is 52.2 Å². The Bertz CT molecular complexity index is 471. The maximum absolute atomic E-state index is 11.5. The van der Waals surface area contributed by atoms with E-state index in [-0.39, 0.29) is 11.0 Å². The lowest BCUT2D eigenvalue weighted by atomic mass is 10.2. The molecular formula is C17H34O3Si2. The first kappa shape index (κ1) is 19.7. The van der Waals surface area contributed by atoms with Gasteiger partial charge in [-0.3, -0.25) is 4.79 Å². The van der Waals surface area contributed by atoms with Crippen LogP contribution in [0.2, 0.25) is 37.8 Å². The highest BCUT2D eigenvalue weighted by Gasteiger charge is 2.69. The molecule has 1 saturated carbocycles. The highest BCUT2D eigenvalue weighted by atomic mass is 28.4. The van der Waals surface area contributed by atoms with E-state index in [1.807, 2.05) is 6.92 Å². The molecule has 0 bridgehead atoms. The minimum atomic E-state index is -1.94. The number of carbonyl (C=O) groups is 1. The van der Waals surface area contributed by atoms with Crippen molar-refractivity contribution in [3.05, 3.63) is 11.8 Å². The van der Waals surface area contributed by atoms with Crippen LogP contribution in [-0.2, 0) is 14.0 Å². The second kappa shape index (κ2) is 5.60. The zero-order valence-corrected chi connectivity index (χ0v) is 18.1. The van der Waals surface area contributed by atoms with Crippen molar-refractivity contribution in [2.75, 3.05) is 0 Å². The number of rotatable bonds is 5.